The van der Waals surface area contributed by atoms with Crippen LogP contribution in [-0.4, -0.2) is 23.2 Å². The van der Waals surface area contributed by atoms with Gasteiger partial charge in [0.05, 0.1) is 0 Å². The highest BCUT2D eigenvalue weighted by Crippen LogP contribution is 2.11. The van der Waals surface area contributed by atoms with Crippen molar-refractivity contribution in [3.63, 3.8) is 0 Å². The second-order valence-electron chi connectivity index (χ2n) is 4.74. The maximum absolute atomic E-state index is 11.7. The molecule has 1 aromatic carbocycles. The molecule has 1 rings (SSSR count). The van der Waals surface area contributed by atoms with E-state index >= 15 is 0 Å². The molecular weight excluding hydrogens is 282 g/mol. The van der Waals surface area contributed by atoms with Crippen LogP contribution in [0.1, 0.15) is 25.3 Å². The maximum Gasteiger partial charge on any atom is 0.408 e. The van der Waals surface area contributed by atoms with Gasteiger partial charge in [-0.3, -0.25) is 0 Å². The summed E-state index contributed by atoms with van der Waals surface area (Å²) in [4.78, 5) is 23.0. The van der Waals surface area contributed by atoms with Gasteiger partial charge >= 0.3 is 12.1 Å². The lowest BCUT2D eigenvalue weighted by atomic mass is 10.0. The van der Waals surface area contributed by atoms with Crippen LogP contribution in [0.15, 0.2) is 54.6 Å². The molecule has 0 heterocycles. The SMILES string of the molecule is C=CC/C(=C\C)CC(NC(=O)OCc1ccccc1)C(=O)O. The summed E-state index contributed by atoms with van der Waals surface area (Å²) in [6.07, 6.45) is 3.58. The van der Waals surface area contributed by atoms with Crippen molar-refractivity contribution in [2.75, 3.05) is 0 Å². The van der Waals surface area contributed by atoms with Crippen LogP contribution in [0.5, 0.6) is 0 Å². The first-order chi connectivity index (χ1) is 10.6. The molecule has 0 fully saturated rings. The minimum atomic E-state index is -1.10. The number of rotatable bonds is 8. The molecule has 1 unspecified atom stereocenters. The van der Waals surface area contributed by atoms with Crippen LogP contribution in [0.3, 0.4) is 0 Å². The summed E-state index contributed by atoms with van der Waals surface area (Å²) in [5.41, 5.74) is 1.73. The van der Waals surface area contributed by atoms with Gasteiger partial charge in [0.1, 0.15) is 12.6 Å². The molecule has 0 aromatic heterocycles. The van der Waals surface area contributed by atoms with Gasteiger partial charge in [0.15, 0.2) is 0 Å². The molecule has 22 heavy (non-hydrogen) atoms. The Bertz CT molecular complexity index is 537. The second-order valence-corrected chi connectivity index (χ2v) is 4.74. The molecule has 1 aromatic rings. The van der Waals surface area contributed by atoms with Crippen LogP contribution >= 0.6 is 0 Å². The number of ether oxygens (including phenoxy) is 1. The number of alkyl carbamates (subject to hydrolysis) is 1. The molecule has 1 amide bonds. The van der Waals surface area contributed by atoms with E-state index in [2.05, 4.69) is 11.9 Å². The van der Waals surface area contributed by atoms with Gasteiger partial charge < -0.3 is 15.2 Å². The Kier molecular flexibility index (Phi) is 7.47. The van der Waals surface area contributed by atoms with E-state index in [-0.39, 0.29) is 13.0 Å². The highest BCUT2D eigenvalue weighted by Gasteiger charge is 2.21. The van der Waals surface area contributed by atoms with Crippen molar-refractivity contribution in [1.82, 2.24) is 5.32 Å². The van der Waals surface area contributed by atoms with Crippen LogP contribution in [0.2, 0.25) is 0 Å². The van der Waals surface area contributed by atoms with Crippen LogP contribution in [0, 0.1) is 0 Å². The summed E-state index contributed by atoms with van der Waals surface area (Å²) in [5, 5.41) is 11.6. The predicted octanol–water partition coefficient (Wildman–Crippen LogP) is 3.28. The van der Waals surface area contributed by atoms with E-state index in [4.69, 9.17) is 4.74 Å². The van der Waals surface area contributed by atoms with Crippen molar-refractivity contribution >= 4 is 12.1 Å². The Morgan fingerprint density at radius 2 is 2.05 bits per heavy atom. The number of nitrogens with one attached hydrogen (secondary N) is 1. The van der Waals surface area contributed by atoms with Gasteiger partial charge in [-0.2, -0.15) is 0 Å². The fourth-order valence-electron chi connectivity index (χ4n) is 1.87. The van der Waals surface area contributed by atoms with Crippen molar-refractivity contribution < 1.29 is 19.4 Å². The number of amides is 1. The summed E-state index contributed by atoms with van der Waals surface area (Å²) >= 11 is 0. The molecule has 0 saturated heterocycles. The van der Waals surface area contributed by atoms with Crippen LogP contribution < -0.4 is 5.32 Å². The second kappa shape index (κ2) is 9.39. The number of carboxylic acid groups (broad SMARTS) is 1. The van der Waals surface area contributed by atoms with Gasteiger partial charge in [0.2, 0.25) is 0 Å². The number of carboxylic acids is 1. The molecule has 5 heteroatoms. The Morgan fingerprint density at radius 3 is 2.59 bits per heavy atom. The Morgan fingerprint density at radius 1 is 1.36 bits per heavy atom. The normalized spacial score (nSPS) is 12.3. The van der Waals surface area contributed by atoms with Crippen molar-refractivity contribution in [1.29, 1.82) is 0 Å². The average Bonchev–Trinajstić information content (AvgIpc) is 2.52. The van der Waals surface area contributed by atoms with Crippen LogP contribution in [0.4, 0.5) is 4.79 Å². The molecule has 2 N–H and O–H groups in total. The van der Waals surface area contributed by atoms with Crippen LogP contribution in [0.25, 0.3) is 0 Å². The van der Waals surface area contributed by atoms with E-state index in [1.54, 1.807) is 6.08 Å². The van der Waals surface area contributed by atoms with Crippen molar-refractivity contribution in [3.05, 3.63) is 60.2 Å². The van der Waals surface area contributed by atoms with Gasteiger partial charge in [-0.1, -0.05) is 48.1 Å². The van der Waals surface area contributed by atoms with Crippen LogP contribution in [-0.2, 0) is 16.1 Å². The lowest BCUT2D eigenvalue weighted by molar-refractivity contribution is -0.139. The Labute approximate surface area is 130 Å². The molecule has 5 nitrogen and oxygen atoms in total. The summed E-state index contributed by atoms with van der Waals surface area (Å²) in [7, 11) is 0. The fourth-order valence-corrected chi connectivity index (χ4v) is 1.87. The molecule has 1 atom stereocenters. The smallest absolute Gasteiger partial charge is 0.408 e. The number of carbonyl (C=O) groups excluding carboxylic acids is 1. The lowest BCUT2D eigenvalue weighted by Gasteiger charge is -2.16. The fraction of sp³-hybridized carbons (Fsp3) is 0.294. The molecule has 0 aliphatic rings. The van der Waals surface area contributed by atoms with Gasteiger partial charge in [-0.25, -0.2) is 9.59 Å². The summed E-state index contributed by atoms with van der Waals surface area (Å²) in [6, 6.07) is 8.17. The Hall–Kier alpha value is -2.56. The first-order valence-electron chi connectivity index (χ1n) is 7.01. The molecule has 0 aliphatic carbocycles. The van der Waals surface area contributed by atoms with Gasteiger partial charge in [0.25, 0.3) is 0 Å². The highest BCUT2D eigenvalue weighted by molar-refractivity contribution is 5.80. The molecule has 0 radical (unpaired) electrons. The average molecular weight is 303 g/mol. The molecule has 0 spiro atoms. The minimum absolute atomic E-state index is 0.0993. The van der Waals surface area contributed by atoms with Gasteiger partial charge in [-0.15, -0.1) is 6.58 Å². The number of aliphatic carboxylic acids is 1. The largest absolute Gasteiger partial charge is 0.480 e. The zero-order valence-electron chi connectivity index (χ0n) is 12.6. The number of hydrogen-bond donors (Lipinski definition) is 2. The lowest BCUT2D eigenvalue weighted by Crippen LogP contribution is -2.41. The molecule has 0 saturated carbocycles. The summed E-state index contributed by atoms with van der Waals surface area (Å²) < 4.78 is 5.03. The maximum atomic E-state index is 11.7. The first-order valence-corrected chi connectivity index (χ1v) is 7.01. The first kappa shape index (κ1) is 17.5. The van der Waals surface area contributed by atoms with E-state index in [1.165, 1.54) is 0 Å². The molecule has 0 bridgehead atoms. The Balaban J connectivity index is 2.53. The minimum Gasteiger partial charge on any atom is -0.480 e. The zero-order chi connectivity index (χ0) is 16.4. The van der Waals surface area contributed by atoms with E-state index in [0.717, 1.165) is 11.1 Å². The number of benzene rings is 1. The van der Waals surface area contributed by atoms with E-state index in [0.29, 0.717) is 6.42 Å². The van der Waals surface area contributed by atoms with E-state index < -0.39 is 18.1 Å². The summed E-state index contributed by atoms with van der Waals surface area (Å²) in [5.74, 6) is -1.10. The topological polar surface area (TPSA) is 75.6 Å². The van der Waals surface area contributed by atoms with Crippen molar-refractivity contribution in [2.24, 2.45) is 0 Å². The van der Waals surface area contributed by atoms with E-state index in [9.17, 15) is 14.7 Å². The van der Waals surface area contributed by atoms with Crippen molar-refractivity contribution in [3.8, 4) is 0 Å². The van der Waals surface area contributed by atoms with E-state index in [1.807, 2.05) is 43.3 Å². The standard InChI is InChI=1S/C17H21NO4/c1-3-8-13(4-2)11-15(16(19)20)18-17(21)22-12-14-9-6-5-7-10-14/h3-7,9-10,15H,1,8,11-12H2,2H3,(H,18,21)(H,19,20)/b13-4+. The quantitative estimate of drug-likeness (QED) is 0.723. The third-order valence-corrected chi connectivity index (χ3v) is 3.08. The summed E-state index contributed by atoms with van der Waals surface area (Å²) in [6.45, 7) is 5.55. The molecule has 0 aliphatic heterocycles. The van der Waals surface area contributed by atoms with Gasteiger partial charge in [0, 0.05) is 0 Å². The van der Waals surface area contributed by atoms with Crippen molar-refractivity contribution in [2.45, 2.75) is 32.4 Å². The zero-order valence-corrected chi connectivity index (χ0v) is 12.6. The third-order valence-electron chi connectivity index (χ3n) is 3.08. The number of allylic oxidation sites excluding steroid dienone is 2. The monoisotopic (exact) mass is 303 g/mol. The number of carbonyl (C=O) groups is 2. The predicted molar refractivity (Wildman–Crippen MR) is 84.4 cm³/mol. The van der Waals surface area contributed by atoms with Gasteiger partial charge in [-0.05, 0) is 25.3 Å². The number of hydrogen-bond acceptors (Lipinski definition) is 3. The highest BCUT2D eigenvalue weighted by atomic mass is 16.5. The molecule has 118 valence electrons. The third kappa shape index (κ3) is 6.26. The molecular formula is C17H21NO4.